The number of hydrogen-bond donors (Lipinski definition) is 1. The fourth-order valence-corrected chi connectivity index (χ4v) is 11.5. The standard InChI is InChI=1S/C27H26N2O/c30-22(16-6-2-1-3-7-16)29-15-24-13-26-20(24)11-10-19(29)21(24)27(26)18-9-5-4-8-17(18)12-25(27)14-28-23(25)26/h1-9,19-21,23,28H,10-15H2/t19?,20?,21?,23?,24-,25+,26?,27?/m0/s1. The van der Waals surface area contributed by atoms with E-state index in [0.29, 0.717) is 33.6 Å². The maximum atomic E-state index is 13.6. The first-order valence-electron chi connectivity index (χ1n) is 11.9. The zero-order valence-corrected chi connectivity index (χ0v) is 17.1. The molecule has 1 N–H and O–H groups in total. The van der Waals surface area contributed by atoms with Gasteiger partial charge in [-0.25, -0.2) is 0 Å². The molecular weight excluding hydrogens is 368 g/mol. The van der Waals surface area contributed by atoms with Gasteiger partial charge in [-0.15, -0.1) is 0 Å². The number of carbonyl (C=O) groups excluding carboxylic acids is 1. The molecular formula is C27H26N2O. The lowest BCUT2D eigenvalue weighted by Gasteiger charge is -2.81. The number of hydrogen-bond acceptors (Lipinski definition) is 2. The van der Waals surface area contributed by atoms with E-state index in [1.807, 2.05) is 30.3 Å². The predicted octanol–water partition coefficient (Wildman–Crippen LogP) is 3.39. The monoisotopic (exact) mass is 394 g/mol. The summed E-state index contributed by atoms with van der Waals surface area (Å²) >= 11 is 0. The van der Waals surface area contributed by atoms with Gasteiger partial charge in [0.05, 0.1) is 0 Å². The van der Waals surface area contributed by atoms with Crippen molar-refractivity contribution in [1.82, 2.24) is 10.2 Å². The lowest BCUT2D eigenvalue weighted by Crippen LogP contribution is -2.91. The molecule has 3 heteroatoms. The Morgan fingerprint density at radius 3 is 2.70 bits per heavy atom. The van der Waals surface area contributed by atoms with Crippen molar-refractivity contribution in [1.29, 1.82) is 0 Å². The molecule has 2 heterocycles. The summed E-state index contributed by atoms with van der Waals surface area (Å²) < 4.78 is 0. The molecule has 8 atom stereocenters. The summed E-state index contributed by atoms with van der Waals surface area (Å²) in [6.07, 6.45) is 5.17. The first-order chi connectivity index (χ1) is 14.7. The minimum Gasteiger partial charge on any atom is -0.335 e. The highest BCUT2D eigenvalue weighted by Gasteiger charge is 3.02. The summed E-state index contributed by atoms with van der Waals surface area (Å²) in [5.41, 5.74) is 5.83. The lowest BCUT2D eigenvalue weighted by molar-refractivity contribution is -0.275. The molecule has 4 spiro atoms. The largest absolute Gasteiger partial charge is 0.335 e. The first kappa shape index (κ1) is 15.6. The van der Waals surface area contributed by atoms with Crippen molar-refractivity contribution >= 4 is 5.91 Å². The van der Waals surface area contributed by atoms with Gasteiger partial charge in [0.15, 0.2) is 0 Å². The summed E-state index contributed by atoms with van der Waals surface area (Å²) in [5, 5.41) is 3.93. The van der Waals surface area contributed by atoms with Crippen LogP contribution in [0.15, 0.2) is 54.6 Å². The van der Waals surface area contributed by atoms with Crippen molar-refractivity contribution in [3.63, 3.8) is 0 Å². The van der Waals surface area contributed by atoms with Crippen LogP contribution in [0.4, 0.5) is 0 Å². The average Bonchev–Trinajstić information content (AvgIpc) is 3.32. The van der Waals surface area contributed by atoms with Gasteiger partial charge in [0.1, 0.15) is 0 Å². The molecule has 7 aliphatic rings. The van der Waals surface area contributed by atoms with Crippen LogP contribution in [-0.4, -0.2) is 36.0 Å². The topological polar surface area (TPSA) is 32.3 Å². The van der Waals surface area contributed by atoms with Gasteiger partial charge in [0.2, 0.25) is 0 Å². The highest BCUT2D eigenvalue weighted by molar-refractivity contribution is 5.95. The molecule has 9 rings (SSSR count). The van der Waals surface area contributed by atoms with Gasteiger partial charge in [-0.1, -0.05) is 42.5 Å². The molecule has 1 amide bonds. The Kier molecular flexibility index (Phi) is 2.23. The summed E-state index contributed by atoms with van der Waals surface area (Å²) in [6.45, 7) is 2.20. The Bertz CT molecular complexity index is 1180. The Balaban J connectivity index is 1.26. The van der Waals surface area contributed by atoms with Gasteiger partial charge in [-0.3, -0.25) is 4.79 Å². The summed E-state index contributed by atoms with van der Waals surface area (Å²) in [4.78, 5) is 16.0. The lowest BCUT2D eigenvalue weighted by atomic mass is 9.27. The van der Waals surface area contributed by atoms with Crippen molar-refractivity contribution in [2.75, 3.05) is 13.1 Å². The van der Waals surface area contributed by atoms with Gasteiger partial charge in [0.25, 0.3) is 5.91 Å². The summed E-state index contributed by atoms with van der Waals surface area (Å²) in [7, 11) is 0. The predicted molar refractivity (Wildman–Crippen MR) is 113 cm³/mol. The highest BCUT2D eigenvalue weighted by atomic mass is 16.2. The first-order valence-corrected chi connectivity index (χ1v) is 11.9. The molecule has 6 unspecified atom stereocenters. The molecule has 0 aromatic heterocycles. The van der Waals surface area contributed by atoms with Crippen LogP contribution in [0.1, 0.15) is 40.7 Å². The highest BCUT2D eigenvalue weighted by Crippen LogP contribution is 2.99. The average molecular weight is 395 g/mol. The number of fused-ring (bicyclic) bond motifs is 1. The van der Waals surface area contributed by atoms with Gasteiger partial charge < -0.3 is 10.2 Å². The third-order valence-corrected chi connectivity index (χ3v) is 11.5. The third-order valence-electron chi connectivity index (χ3n) is 11.5. The molecule has 150 valence electrons. The van der Waals surface area contributed by atoms with Crippen LogP contribution in [0.3, 0.4) is 0 Å². The number of rotatable bonds is 1. The molecule has 2 aliphatic heterocycles. The fourth-order valence-electron chi connectivity index (χ4n) is 11.5. The Morgan fingerprint density at radius 1 is 1.03 bits per heavy atom. The molecule has 5 aliphatic carbocycles. The molecule has 4 saturated carbocycles. The Morgan fingerprint density at radius 2 is 1.87 bits per heavy atom. The minimum absolute atomic E-state index is 0.280. The smallest absolute Gasteiger partial charge is 0.254 e. The van der Waals surface area contributed by atoms with Gasteiger partial charge in [-0.2, -0.15) is 0 Å². The number of nitrogens with zero attached hydrogens (tertiary/aromatic N) is 1. The number of carbonyl (C=O) groups is 1. The second kappa shape index (κ2) is 4.27. The normalized spacial score (nSPS) is 51.7. The quantitative estimate of drug-likeness (QED) is 0.804. The van der Waals surface area contributed by atoms with E-state index in [4.69, 9.17) is 0 Å². The molecule has 3 nitrogen and oxygen atoms in total. The number of nitrogens with one attached hydrogen (secondary N) is 1. The van der Waals surface area contributed by atoms with Crippen LogP contribution in [-0.2, 0) is 11.8 Å². The van der Waals surface area contributed by atoms with E-state index in [2.05, 4.69) is 34.5 Å². The van der Waals surface area contributed by atoms with E-state index in [1.54, 1.807) is 11.1 Å². The Labute approximate surface area is 176 Å². The van der Waals surface area contributed by atoms with Crippen molar-refractivity contribution in [2.45, 2.75) is 43.2 Å². The zero-order valence-electron chi connectivity index (χ0n) is 17.1. The number of benzene rings is 2. The zero-order chi connectivity index (χ0) is 19.5. The van der Waals surface area contributed by atoms with Gasteiger partial charge >= 0.3 is 0 Å². The molecule has 0 radical (unpaired) electrons. The second-order valence-corrected chi connectivity index (χ2v) is 11.5. The van der Waals surface area contributed by atoms with E-state index < -0.39 is 0 Å². The van der Waals surface area contributed by atoms with Crippen LogP contribution >= 0.6 is 0 Å². The van der Waals surface area contributed by atoms with E-state index in [0.717, 1.165) is 24.1 Å². The molecule has 2 aromatic carbocycles. The van der Waals surface area contributed by atoms with Gasteiger partial charge in [-0.05, 0) is 66.2 Å². The van der Waals surface area contributed by atoms with Crippen LogP contribution in [0.5, 0.6) is 0 Å². The van der Waals surface area contributed by atoms with Crippen molar-refractivity contribution < 1.29 is 4.79 Å². The number of likely N-dealkylation sites (tertiary alicyclic amines) is 1. The van der Waals surface area contributed by atoms with Crippen molar-refractivity contribution in [3.8, 4) is 0 Å². The van der Waals surface area contributed by atoms with E-state index in [1.165, 1.54) is 32.2 Å². The van der Waals surface area contributed by atoms with Crippen molar-refractivity contribution in [3.05, 3.63) is 71.3 Å². The van der Waals surface area contributed by atoms with Crippen LogP contribution < -0.4 is 5.32 Å². The summed E-state index contributed by atoms with van der Waals surface area (Å²) in [6, 6.07) is 20.6. The number of piperidine rings is 1. The SMILES string of the molecule is O=C(c1ccccc1)N1C[C@@]23CC45C2CCC1C3C41c2ccccc2C[C@]12CNC52. The van der Waals surface area contributed by atoms with Crippen LogP contribution in [0.2, 0.25) is 0 Å². The van der Waals surface area contributed by atoms with E-state index in [-0.39, 0.29) is 5.91 Å². The molecule has 5 bridgehead atoms. The molecule has 30 heavy (non-hydrogen) atoms. The maximum Gasteiger partial charge on any atom is 0.254 e. The number of amides is 1. The molecule has 2 aromatic rings. The maximum absolute atomic E-state index is 13.6. The second-order valence-electron chi connectivity index (χ2n) is 11.5. The molecule has 6 fully saturated rings. The fraction of sp³-hybridized carbons (Fsp3) is 0.519. The third kappa shape index (κ3) is 1.11. The Hall–Kier alpha value is -2.13. The molecule has 2 saturated heterocycles. The van der Waals surface area contributed by atoms with Gasteiger partial charge in [0, 0.05) is 47.0 Å². The van der Waals surface area contributed by atoms with Crippen molar-refractivity contribution in [2.24, 2.45) is 28.1 Å². The van der Waals surface area contributed by atoms with E-state index >= 15 is 0 Å². The van der Waals surface area contributed by atoms with Crippen LogP contribution in [0.25, 0.3) is 0 Å². The van der Waals surface area contributed by atoms with E-state index in [9.17, 15) is 4.79 Å². The minimum atomic E-state index is 0.280. The summed E-state index contributed by atoms with van der Waals surface area (Å²) in [5.74, 6) is 1.78. The van der Waals surface area contributed by atoms with Crippen LogP contribution in [0, 0.1) is 28.1 Å².